The van der Waals surface area contributed by atoms with E-state index in [1.165, 1.54) is 17.1 Å². The van der Waals surface area contributed by atoms with Crippen molar-refractivity contribution in [1.82, 2.24) is 9.59 Å². The highest BCUT2D eigenvalue weighted by atomic mass is 79.9. The van der Waals surface area contributed by atoms with Crippen LogP contribution in [0.25, 0.3) is 0 Å². The summed E-state index contributed by atoms with van der Waals surface area (Å²) in [6.45, 7) is 4.23. The number of aromatic nitrogens is 2. The van der Waals surface area contributed by atoms with Gasteiger partial charge in [0.05, 0.1) is 10.6 Å². The minimum atomic E-state index is -0.0308. The first-order valence-corrected chi connectivity index (χ1v) is 7.46. The molecule has 2 aromatic rings. The van der Waals surface area contributed by atoms with Gasteiger partial charge >= 0.3 is 0 Å². The van der Waals surface area contributed by atoms with Gasteiger partial charge in [0.1, 0.15) is 0 Å². The zero-order chi connectivity index (χ0) is 13.1. The van der Waals surface area contributed by atoms with Crippen LogP contribution in [0.1, 0.15) is 41.9 Å². The minimum absolute atomic E-state index is 0.0308. The van der Waals surface area contributed by atoms with Crippen LogP contribution < -0.4 is 5.73 Å². The number of halogens is 1. The Kier molecular flexibility index (Phi) is 4.48. The van der Waals surface area contributed by atoms with E-state index < -0.39 is 0 Å². The fraction of sp³-hybridized carbons (Fsp3) is 0.385. The van der Waals surface area contributed by atoms with Crippen LogP contribution >= 0.6 is 27.5 Å². The molecule has 2 N–H and O–H groups in total. The Morgan fingerprint density at radius 3 is 2.83 bits per heavy atom. The largest absolute Gasteiger partial charge is 0.323 e. The Morgan fingerprint density at radius 2 is 2.17 bits per heavy atom. The van der Waals surface area contributed by atoms with E-state index in [1.54, 1.807) is 0 Å². The summed E-state index contributed by atoms with van der Waals surface area (Å²) in [6, 6.07) is 8.21. The van der Waals surface area contributed by atoms with Gasteiger partial charge in [-0.3, -0.25) is 0 Å². The van der Waals surface area contributed by atoms with Gasteiger partial charge in [-0.1, -0.05) is 46.4 Å². The van der Waals surface area contributed by atoms with Crippen LogP contribution in [0.15, 0.2) is 28.7 Å². The lowest BCUT2D eigenvalue weighted by Gasteiger charge is -2.12. The van der Waals surface area contributed by atoms with Crippen molar-refractivity contribution in [3.8, 4) is 0 Å². The van der Waals surface area contributed by atoms with Crippen molar-refractivity contribution < 1.29 is 0 Å². The normalized spacial score (nSPS) is 12.9. The van der Waals surface area contributed by atoms with Crippen molar-refractivity contribution >= 4 is 27.5 Å². The van der Waals surface area contributed by atoms with E-state index in [0.29, 0.717) is 5.92 Å². The second-order valence-corrected chi connectivity index (χ2v) is 6.32. The highest BCUT2D eigenvalue weighted by Gasteiger charge is 2.18. The number of hydrogen-bond donors (Lipinski definition) is 1. The predicted molar refractivity (Wildman–Crippen MR) is 78.8 cm³/mol. The average molecular weight is 326 g/mol. The van der Waals surface area contributed by atoms with Crippen molar-refractivity contribution in [2.75, 3.05) is 0 Å². The van der Waals surface area contributed by atoms with Gasteiger partial charge in [0.15, 0.2) is 0 Å². The molecule has 0 radical (unpaired) electrons. The first-order chi connectivity index (χ1) is 8.58. The topological polar surface area (TPSA) is 51.8 Å². The molecule has 0 aliphatic carbocycles. The molecule has 0 aliphatic heterocycles. The lowest BCUT2D eigenvalue weighted by Crippen LogP contribution is -2.14. The van der Waals surface area contributed by atoms with Crippen molar-refractivity contribution in [3.63, 3.8) is 0 Å². The molecule has 0 spiro atoms. The Hall–Kier alpha value is -0.780. The lowest BCUT2D eigenvalue weighted by atomic mass is 10.0. The summed E-state index contributed by atoms with van der Waals surface area (Å²) in [5.41, 5.74) is 8.53. The summed E-state index contributed by atoms with van der Waals surface area (Å²) in [7, 11) is 0. The van der Waals surface area contributed by atoms with E-state index >= 15 is 0 Å². The minimum Gasteiger partial charge on any atom is -0.323 e. The molecular weight excluding hydrogens is 310 g/mol. The number of hydrogen-bond acceptors (Lipinski definition) is 4. The molecule has 1 heterocycles. The van der Waals surface area contributed by atoms with Crippen molar-refractivity contribution in [2.45, 2.75) is 32.2 Å². The van der Waals surface area contributed by atoms with Gasteiger partial charge in [0.25, 0.3) is 0 Å². The fourth-order valence-corrected chi connectivity index (χ4v) is 3.12. The summed E-state index contributed by atoms with van der Waals surface area (Å²) in [5, 5.41) is 4.18. The molecule has 1 aromatic carbocycles. The number of benzene rings is 1. The molecule has 96 valence electrons. The van der Waals surface area contributed by atoms with Crippen molar-refractivity contribution in [1.29, 1.82) is 0 Å². The van der Waals surface area contributed by atoms with Crippen LogP contribution in [0, 0.1) is 0 Å². The molecule has 0 amide bonds. The van der Waals surface area contributed by atoms with Gasteiger partial charge in [-0.15, -0.1) is 5.10 Å². The molecule has 0 bridgehead atoms. The SMILES string of the molecule is CC(C)c1nnsc1C(N)Cc1cccc(Br)c1. The van der Waals surface area contributed by atoms with Crippen LogP contribution in [0.4, 0.5) is 0 Å². The zero-order valence-corrected chi connectivity index (χ0v) is 12.8. The maximum atomic E-state index is 6.28. The fourth-order valence-electron chi connectivity index (χ4n) is 1.87. The van der Waals surface area contributed by atoms with Gasteiger partial charge < -0.3 is 5.73 Å². The summed E-state index contributed by atoms with van der Waals surface area (Å²) in [6.07, 6.45) is 0.809. The standard InChI is InChI=1S/C13H16BrN3S/c1-8(2)12-13(18-17-16-12)11(15)7-9-4-3-5-10(14)6-9/h3-6,8,11H,7,15H2,1-2H3. The van der Waals surface area contributed by atoms with Gasteiger partial charge in [-0.25, -0.2) is 0 Å². The third-order valence-electron chi connectivity index (χ3n) is 2.77. The highest BCUT2D eigenvalue weighted by molar-refractivity contribution is 9.10. The van der Waals surface area contributed by atoms with Gasteiger partial charge in [0, 0.05) is 10.5 Å². The maximum Gasteiger partial charge on any atom is 0.0829 e. The Morgan fingerprint density at radius 1 is 1.39 bits per heavy atom. The monoisotopic (exact) mass is 325 g/mol. The molecule has 3 nitrogen and oxygen atoms in total. The smallest absolute Gasteiger partial charge is 0.0829 e. The molecule has 0 aliphatic rings. The van der Waals surface area contributed by atoms with Crippen LogP contribution in [-0.2, 0) is 6.42 Å². The third-order valence-corrected chi connectivity index (χ3v) is 4.13. The van der Waals surface area contributed by atoms with Crippen LogP contribution in [0.3, 0.4) is 0 Å². The molecule has 1 aromatic heterocycles. The van der Waals surface area contributed by atoms with Crippen LogP contribution in [0.2, 0.25) is 0 Å². The van der Waals surface area contributed by atoms with Crippen molar-refractivity contribution in [3.05, 3.63) is 44.9 Å². The second kappa shape index (κ2) is 5.91. The van der Waals surface area contributed by atoms with E-state index in [-0.39, 0.29) is 6.04 Å². The first-order valence-electron chi connectivity index (χ1n) is 5.90. The Labute approximate surface area is 120 Å². The van der Waals surface area contributed by atoms with E-state index in [2.05, 4.69) is 51.5 Å². The summed E-state index contributed by atoms with van der Waals surface area (Å²) in [5.74, 6) is 0.368. The zero-order valence-electron chi connectivity index (χ0n) is 10.4. The number of rotatable bonds is 4. The van der Waals surface area contributed by atoms with Crippen LogP contribution in [-0.4, -0.2) is 9.59 Å². The molecular formula is C13H16BrN3S. The quantitative estimate of drug-likeness (QED) is 0.933. The van der Waals surface area contributed by atoms with Gasteiger partial charge in [0.2, 0.25) is 0 Å². The molecule has 0 saturated carbocycles. The molecule has 5 heteroatoms. The molecule has 2 rings (SSSR count). The average Bonchev–Trinajstić information content (AvgIpc) is 2.77. The molecule has 1 atom stereocenters. The molecule has 0 fully saturated rings. The van der Waals surface area contributed by atoms with Gasteiger partial charge in [-0.05, 0) is 41.6 Å². The number of nitrogens with zero attached hydrogens (tertiary/aromatic N) is 2. The number of nitrogens with two attached hydrogens (primary N) is 1. The molecule has 0 saturated heterocycles. The Balaban J connectivity index is 2.17. The van der Waals surface area contributed by atoms with Crippen LogP contribution in [0.5, 0.6) is 0 Å². The van der Waals surface area contributed by atoms with E-state index in [4.69, 9.17) is 5.73 Å². The Bertz CT molecular complexity index is 524. The third kappa shape index (κ3) is 3.16. The van der Waals surface area contributed by atoms with E-state index in [1.807, 2.05) is 12.1 Å². The first kappa shape index (κ1) is 13.6. The van der Waals surface area contributed by atoms with Gasteiger partial charge in [-0.2, -0.15) is 0 Å². The molecule has 1 unspecified atom stereocenters. The summed E-state index contributed by atoms with van der Waals surface area (Å²) >= 11 is 4.89. The van der Waals surface area contributed by atoms with Crippen molar-refractivity contribution in [2.24, 2.45) is 5.73 Å². The maximum absolute atomic E-state index is 6.28. The van der Waals surface area contributed by atoms with E-state index in [0.717, 1.165) is 21.5 Å². The summed E-state index contributed by atoms with van der Waals surface area (Å²) < 4.78 is 5.11. The van der Waals surface area contributed by atoms with E-state index in [9.17, 15) is 0 Å². The predicted octanol–water partition coefficient (Wildman–Crippen LogP) is 3.67. The molecule has 18 heavy (non-hydrogen) atoms. The highest BCUT2D eigenvalue weighted by Crippen LogP contribution is 2.27. The summed E-state index contributed by atoms with van der Waals surface area (Å²) in [4.78, 5) is 1.10. The lowest BCUT2D eigenvalue weighted by molar-refractivity contribution is 0.700. The second-order valence-electron chi connectivity index (χ2n) is 4.62.